The first-order valence-corrected chi connectivity index (χ1v) is 9.29. The zero-order valence-electron chi connectivity index (χ0n) is 15.1. The number of piperidine rings is 1. The molecule has 1 N–H and O–H groups in total. The molecule has 1 aliphatic rings. The van der Waals surface area contributed by atoms with E-state index in [-0.39, 0.29) is 5.91 Å². The van der Waals surface area contributed by atoms with Crippen LogP contribution in [0.15, 0.2) is 54.6 Å². The molecule has 3 nitrogen and oxygen atoms in total. The molecule has 3 rings (SSSR count). The summed E-state index contributed by atoms with van der Waals surface area (Å²) in [6.45, 7) is 5.07. The molecule has 0 bridgehead atoms. The third-order valence-electron chi connectivity index (χ3n) is 5.19. The van der Waals surface area contributed by atoms with Gasteiger partial charge in [-0.3, -0.25) is 4.79 Å². The van der Waals surface area contributed by atoms with Gasteiger partial charge >= 0.3 is 0 Å². The summed E-state index contributed by atoms with van der Waals surface area (Å²) in [5, 5.41) is 3.30. The molecule has 0 unspecified atom stereocenters. The summed E-state index contributed by atoms with van der Waals surface area (Å²) < 4.78 is 0. The molecule has 2 aromatic rings. The number of aryl methyl sites for hydroxylation is 1. The molecule has 132 valence electrons. The Kier molecular flexibility index (Phi) is 6.24. The summed E-state index contributed by atoms with van der Waals surface area (Å²) in [5.41, 5.74) is 3.94. The molecule has 1 aliphatic heterocycles. The zero-order chi connectivity index (χ0) is 17.5. The van der Waals surface area contributed by atoms with Crippen molar-refractivity contribution >= 4 is 5.91 Å². The minimum atomic E-state index is 0.228. The van der Waals surface area contributed by atoms with Crippen LogP contribution < -0.4 is 5.32 Å². The highest BCUT2D eigenvalue weighted by Gasteiger charge is 2.22. The maximum absolute atomic E-state index is 12.4. The third-order valence-corrected chi connectivity index (χ3v) is 5.19. The predicted molar refractivity (Wildman–Crippen MR) is 102 cm³/mol. The number of amides is 1. The van der Waals surface area contributed by atoms with E-state index in [4.69, 9.17) is 0 Å². The zero-order valence-corrected chi connectivity index (χ0v) is 15.1. The summed E-state index contributed by atoms with van der Waals surface area (Å²) in [6.07, 6.45) is 3.35. The van der Waals surface area contributed by atoms with Gasteiger partial charge in [-0.25, -0.2) is 0 Å². The number of likely N-dealkylation sites (tertiary alicyclic amines) is 1. The van der Waals surface area contributed by atoms with Gasteiger partial charge in [-0.1, -0.05) is 54.6 Å². The van der Waals surface area contributed by atoms with Gasteiger partial charge in [-0.15, -0.1) is 0 Å². The van der Waals surface area contributed by atoms with E-state index in [0.717, 1.165) is 38.9 Å². The van der Waals surface area contributed by atoms with E-state index in [1.165, 1.54) is 16.7 Å². The second-order valence-corrected chi connectivity index (χ2v) is 7.04. The first-order chi connectivity index (χ1) is 12.2. The van der Waals surface area contributed by atoms with E-state index < -0.39 is 0 Å². The Balaban J connectivity index is 1.39. The van der Waals surface area contributed by atoms with Gasteiger partial charge in [-0.05, 0) is 48.8 Å². The number of rotatable bonds is 6. The highest BCUT2D eigenvalue weighted by atomic mass is 16.2. The lowest BCUT2D eigenvalue weighted by Gasteiger charge is -2.32. The number of carbonyl (C=O) groups excluding carboxylic acids is 1. The number of hydrogen-bond donors (Lipinski definition) is 1. The van der Waals surface area contributed by atoms with E-state index in [1.807, 2.05) is 17.0 Å². The van der Waals surface area contributed by atoms with Crippen LogP contribution in [0.1, 0.15) is 29.5 Å². The topological polar surface area (TPSA) is 32.3 Å². The first-order valence-electron chi connectivity index (χ1n) is 9.29. The van der Waals surface area contributed by atoms with Crippen LogP contribution in [0.5, 0.6) is 0 Å². The van der Waals surface area contributed by atoms with Gasteiger partial charge in [0.05, 0.1) is 6.54 Å². The maximum atomic E-state index is 12.4. The SMILES string of the molecule is Cc1ccccc1CNCC(=O)N1CCC(Cc2ccccc2)CC1. The Labute approximate surface area is 151 Å². The van der Waals surface area contributed by atoms with Gasteiger partial charge < -0.3 is 10.2 Å². The van der Waals surface area contributed by atoms with Crippen molar-refractivity contribution < 1.29 is 4.79 Å². The van der Waals surface area contributed by atoms with Crippen LogP contribution in [-0.4, -0.2) is 30.4 Å². The fourth-order valence-electron chi connectivity index (χ4n) is 3.56. The van der Waals surface area contributed by atoms with Gasteiger partial charge in [0, 0.05) is 19.6 Å². The quantitative estimate of drug-likeness (QED) is 0.875. The lowest BCUT2D eigenvalue weighted by atomic mass is 9.90. The molecule has 0 aliphatic carbocycles. The molecular weight excluding hydrogens is 308 g/mol. The van der Waals surface area contributed by atoms with Gasteiger partial charge in [0.1, 0.15) is 0 Å². The van der Waals surface area contributed by atoms with Crippen LogP contribution in [0.3, 0.4) is 0 Å². The average molecular weight is 336 g/mol. The van der Waals surface area contributed by atoms with Crippen LogP contribution in [0.4, 0.5) is 0 Å². The predicted octanol–water partition coefficient (Wildman–Crippen LogP) is 3.57. The summed E-state index contributed by atoms with van der Waals surface area (Å²) in [4.78, 5) is 14.4. The maximum Gasteiger partial charge on any atom is 0.236 e. The Morgan fingerprint density at radius 2 is 1.72 bits per heavy atom. The second-order valence-electron chi connectivity index (χ2n) is 7.04. The minimum Gasteiger partial charge on any atom is -0.342 e. The molecule has 1 amide bonds. The summed E-state index contributed by atoms with van der Waals surface area (Å²) in [5.74, 6) is 0.929. The second kappa shape index (κ2) is 8.82. The van der Waals surface area contributed by atoms with Crippen LogP contribution in [0.25, 0.3) is 0 Å². The van der Waals surface area contributed by atoms with Crippen molar-refractivity contribution in [2.24, 2.45) is 5.92 Å². The smallest absolute Gasteiger partial charge is 0.236 e. The molecule has 1 heterocycles. The van der Waals surface area contributed by atoms with Crippen molar-refractivity contribution in [2.75, 3.05) is 19.6 Å². The number of nitrogens with one attached hydrogen (secondary N) is 1. The standard InChI is InChI=1S/C22H28N2O/c1-18-7-5-6-10-21(18)16-23-17-22(25)24-13-11-20(12-14-24)15-19-8-3-2-4-9-19/h2-10,20,23H,11-17H2,1H3. The Morgan fingerprint density at radius 1 is 1.04 bits per heavy atom. The van der Waals surface area contributed by atoms with Crippen molar-refractivity contribution in [1.82, 2.24) is 10.2 Å². The molecule has 3 heteroatoms. The van der Waals surface area contributed by atoms with Crippen molar-refractivity contribution in [1.29, 1.82) is 0 Å². The van der Waals surface area contributed by atoms with E-state index in [2.05, 4.69) is 54.7 Å². The van der Waals surface area contributed by atoms with Crippen molar-refractivity contribution in [3.63, 3.8) is 0 Å². The highest BCUT2D eigenvalue weighted by molar-refractivity contribution is 5.78. The summed E-state index contributed by atoms with van der Waals surface area (Å²) in [6, 6.07) is 19.0. The van der Waals surface area contributed by atoms with E-state index in [9.17, 15) is 4.79 Å². The number of nitrogens with zero attached hydrogens (tertiary/aromatic N) is 1. The Bertz CT molecular complexity index is 675. The highest BCUT2D eigenvalue weighted by Crippen LogP contribution is 2.21. The van der Waals surface area contributed by atoms with Crippen molar-refractivity contribution in [3.8, 4) is 0 Å². The summed E-state index contributed by atoms with van der Waals surface area (Å²) >= 11 is 0. The molecule has 1 saturated heterocycles. The average Bonchev–Trinajstić information content (AvgIpc) is 2.65. The molecule has 0 saturated carbocycles. The van der Waals surface area contributed by atoms with Crippen molar-refractivity contribution in [2.45, 2.75) is 32.7 Å². The fraction of sp³-hybridized carbons (Fsp3) is 0.409. The molecule has 0 atom stereocenters. The molecule has 25 heavy (non-hydrogen) atoms. The van der Waals surface area contributed by atoms with Crippen LogP contribution in [0.2, 0.25) is 0 Å². The first kappa shape index (κ1) is 17.7. The monoisotopic (exact) mass is 336 g/mol. The van der Waals surface area contributed by atoms with Gasteiger partial charge in [0.2, 0.25) is 5.91 Å². The Morgan fingerprint density at radius 3 is 2.44 bits per heavy atom. The minimum absolute atomic E-state index is 0.228. The lowest BCUT2D eigenvalue weighted by molar-refractivity contribution is -0.131. The lowest BCUT2D eigenvalue weighted by Crippen LogP contribution is -2.43. The number of benzene rings is 2. The Hall–Kier alpha value is -2.13. The molecule has 1 fully saturated rings. The number of hydrogen-bond acceptors (Lipinski definition) is 2. The third kappa shape index (κ3) is 5.17. The molecule has 0 radical (unpaired) electrons. The van der Waals surface area contributed by atoms with Gasteiger partial charge in [-0.2, -0.15) is 0 Å². The summed E-state index contributed by atoms with van der Waals surface area (Å²) in [7, 11) is 0. The molecule has 2 aromatic carbocycles. The number of carbonyl (C=O) groups is 1. The van der Waals surface area contributed by atoms with Crippen LogP contribution in [0, 0.1) is 12.8 Å². The van der Waals surface area contributed by atoms with E-state index in [0.29, 0.717) is 12.5 Å². The van der Waals surface area contributed by atoms with Gasteiger partial charge in [0.15, 0.2) is 0 Å². The normalized spacial score (nSPS) is 15.3. The van der Waals surface area contributed by atoms with E-state index in [1.54, 1.807) is 0 Å². The van der Waals surface area contributed by atoms with E-state index >= 15 is 0 Å². The molecule has 0 aromatic heterocycles. The van der Waals surface area contributed by atoms with Crippen LogP contribution >= 0.6 is 0 Å². The van der Waals surface area contributed by atoms with Gasteiger partial charge in [0.25, 0.3) is 0 Å². The van der Waals surface area contributed by atoms with Crippen LogP contribution in [-0.2, 0) is 17.8 Å². The fourth-order valence-corrected chi connectivity index (χ4v) is 3.56. The van der Waals surface area contributed by atoms with Crippen molar-refractivity contribution in [3.05, 3.63) is 71.3 Å². The molecular formula is C22H28N2O. The molecule has 0 spiro atoms. The largest absolute Gasteiger partial charge is 0.342 e.